The third-order valence-electron chi connectivity index (χ3n) is 3.71. The van der Waals surface area contributed by atoms with Crippen LogP contribution < -0.4 is 10.5 Å². The highest BCUT2D eigenvalue weighted by molar-refractivity contribution is 5.98. The zero-order chi connectivity index (χ0) is 15.0. The molecule has 0 amide bonds. The van der Waals surface area contributed by atoms with Gasteiger partial charge in [-0.3, -0.25) is 4.79 Å². The molecule has 0 bridgehead atoms. The molecule has 0 aliphatic rings. The molecule has 0 aliphatic heterocycles. The Labute approximate surface area is 122 Å². The first-order chi connectivity index (χ1) is 9.60. The van der Waals surface area contributed by atoms with Crippen LogP contribution in [0.3, 0.4) is 0 Å². The lowest BCUT2D eigenvalue weighted by atomic mass is 9.87. The SMILES string of the molecule is CCOc1ccccc1C(=O)CCC(CCN)C(C)C. The number of carbonyl (C=O) groups excluding carboxylic acids is 1. The zero-order valence-electron chi connectivity index (χ0n) is 12.9. The van der Waals surface area contributed by atoms with Gasteiger partial charge in [0.1, 0.15) is 5.75 Å². The van der Waals surface area contributed by atoms with Crippen LogP contribution in [0.1, 0.15) is 50.4 Å². The van der Waals surface area contributed by atoms with Gasteiger partial charge in [0.05, 0.1) is 12.2 Å². The van der Waals surface area contributed by atoms with Crippen LogP contribution in [0.2, 0.25) is 0 Å². The molecule has 0 saturated heterocycles. The average molecular weight is 277 g/mol. The van der Waals surface area contributed by atoms with Crippen LogP contribution in [-0.2, 0) is 0 Å². The Kier molecular flexibility index (Phi) is 7.31. The maximum Gasteiger partial charge on any atom is 0.166 e. The maximum absolute atomic E-state index is 12.4. The van der Waals surface area contributed by atoms with Crippen molar-refractivity contribution >= 4 is 5.78 Å². The molecule has 0 fully saturated rings. The second kappa shape index (κ2) is 8.75. The molecular formula is C17H27NO2. The molecule has 1 unspecified atom stereocenters. The molecule has 112 valence electrons. The van der Waals surface area contributed by atoms with Crippen LogP contribution in [-0.4, -0.2) is 18.9 Å². The third-order valence-corrected chi connectivity index (χ3v) is 3.71. The van der Waals surface area contributed by atoms with E-state index in [1.165, 1.54) is 0 Å². The predicted molar refractivity (Wildman–Crippen MR) is 83.2 cm³/mol. The van der Waals surface area contributed by atoms with E-state index >= 15 is 0 Å². The van der Waals surface area contributed by atoms with Crippen molar-refractivity contribution in [3.05, 3.63) is 29.8 Å². The van der Waals surface area contributed by atoms with Crippen molar-refractivity contribution in [3.8, 4) is 5.75 Å². The number of Topliss-reactive ketones (excluding diaryl/α,β-unsaturated/α-hetero) is 1. The summed E-state index contributed by atoms with van der Waals surface area (Å²) in [7, 11) is 0. The van der Waals surface area contributed by atoms with Gasteiger partial charge in [-0.25, -0.2) is 0 Å². The number of benzene rings is 1. The number of hydrogen-bond donors (Lipinski definition) is 1. The zero-order valence-corrected chi connectivity index (χ0v) is 12.9. The van der Waals surface area contributed by atoms with Gasteiger partial charge in [0.25, 0.3) is 0 Å². The molecule has 0 saturated carbocycles. The number of carbonyl (C=O) groups is 1. The number of ketones is 1. The molecule has 20 heavy (non-hydrogen) atoms. The molecule has 3 nitrogen and oxygen atoms in total. The summed E-state index contributed by atoms with van der Waals surface area (Å²) in [6.07, 6.45) is 2.44. The quantitative estimate of drug-likeness (QED) is 0.701. The lowest BCUT2D eigenvalue weighted by Crippen LogP contribution is -2.16. The minimum atomic E-state index is 0.164. The number of para-hydroxylation sites is 1. The van der Waals surface area contributed by atoms with Crippen LogP contribution in [0.4, 0.5) is 0 Å². The Morgan fingerprint density at radius 1 is 1.25 bits per heavy atom. The van der Waals surface area contributed by atoms with Crippen molar-refractivity contribution in [1.82, 2.24) is 0 Å². The number of rotatable bonds is 9. The number of nitrogens with two attached hydrogens (primary N) is 1. The van der Waals surface area contributed by atoms with E-state index in [0.717, 1.165) is 12.8 Å². The summed E-state index contributed by atoms with van der Waals surface area (Å²) >= 11 is 0. The smallest absolute Gasteiger partial charge is 0.166 e. The Bertz CT molecular complexity index is 415. The highest BCUT2D eigenvalue weighted by atomic mass is 16.5. The van der Waals surface area contributed by atoms with Crippen molar-refractivity contribution in [2.24, 2.45) is 17.6 Å². The average Bonchev–Trinajstić information content (AvgIpc) is 2.43. The van der Waals surface area contributed by atoms with Gasteiger partial charge in [-0.15, -0.1) is 0 Å². The molecular weight excluding hydrogens is 250 g/mol. The van der Waals surface area contributed by atoms with Gasteiger partial charge in [-0.2, -0.15) is 0 Å². The summed E-state index contributed by atoms with van der Waals surface area (Å²) in [5, 5.41) is 0. The van der Waals surface area contributed by atoms with Crippen LogP contribution in [0, 0.1) is 11.8 Å². The molecule has 3 heteroatoms. The van der Waals surface area contributed by atoms with E-state index in [9.17, 15) is 4.79 Å². The highest BCUT2D eigenvalue weighted by Gasteiger charge is 2.17. The van der Waals surface area contributed by atoms with Gasteiger partial charge >= 0.3 is 0 Å². The van der Waals surface area contributed by atoms with E-state index in [1.807, 2.05) is 31.2 Å². The fourth-order valence-electron chi connectivity index (χ4n) is 2.45. The van der Waals surface area contributed by atoms with E-state index in [1.54, 1.807) is 0 Å². The second-order valence-electron chi connectivity index (χ2n) is 5.47. The van der Waals surface area contributed by atoms with Crippen LogP contribution in [0.5, 0.6) is 5.75 Å². The Hall–Kier alpha value is -1.35. The van der Waals surface area contributed by atoms with Gasteiger partial charge in [0, 0.05) is 6.42 Å². The lowest BCUT2D eigenvalue weighted by Gasteiger charge is -2.19. The molecule has 0 heterocycles. The van der Waals surface area contributed by atoms with Crippen molar-refractivity contribution < 1.29 is 9.53 Å². The first-order valence-electron chi connectivity index (χ1n) is 7.55. The second-order valence-corrected chi connectivity index (χ2v) is 5.47. The summed E-state index contributed by atoms with van der Waals surface area (Å²) in [6, 6.07) is 7.49. The summed E-state index contributed by atoms with van der Waals surface area (Å²) in [4.78, 5) is 12.4. The van der Waals surface area contributed by atoms with E-state index in [-0.39, 0.29) is 5.78 Å². The van der Waals surface area contributed by atoms with Gasteiger partial charge in [-0.1, -0.05) is 26.0 Å². The fraction of sp³-hybridized carbons (Fsp3) is 0.588. The Morgan fingerprint density at radius 3 is 2.55 bits per heavy atom. The molecule has 0 aromatic heterocycles. The van der Waals surface area contributed by atoms with E-state index in [0.29, 0.717) is 42.7 Å². The Morgan fingerprint density at radius 2 is 1.95 bits per heavy atom. The van der Waals surface area contributed by atoms with Gasteiger partial charge in [-0.05, 0) is 50.3 Å². The topological polar surface area (TPSA) is 52.3 Å². The monoisotopic (exact) mass is 277 g/mol. The van der Waals surface area contributed by atoms with Gasteiger partial charge in [0.2, 0.25) is 0 Å². The summed E-state index contributed by atoms with van der Waals surface area (Å²) in [5.74, 6) is 1.94. The van der Waals surface area contributed by atoms with E-state index < -0.39 is 0 Å². The van der Waals surface area contributed by atoms with Crippen molar-refractivity contribution in [2.45, 2.75) is 40.0 Å². The molecule has 1 aromatic rings. The molecule has 1 aromatic carbocycles. The molecule has 1 rings (SSSR count). The standard InChI is InChI=1S/C17H27NO2/c1-4-20-17-8-6-5-7-15(17)16(19)10-9-14(11-12-18)13(2)3/h5-8,13-14H,4,9-12,18H2,1-3H3. The van der Waals surface area contributed by atoms with Gasteiger partial charge < -0.3 is 10.5 Å². The third kappa shape index (κ3) is 4.97. The van der Waals surface area contributed by atoms with Crippen LogP contribution >= 0.6 is 0 Å². The van der Waals surface area contributed by atoms with Crippen molar-refractivity contribution in [2.75, 3.05) is 13.2 Å². The number of ether oxygens (including phenoxy) is 1. The molecule has 0 aliphatic carbocycles. The molecule has 1 atom stereocenters. The van der Waals surface area contributed by atoms with Gasteiger partial charge in [0.15, 0.2) is 5.78 Å². The first kappa shape index (κ1) is 16.7. The van der Waals surface area contributed by atoms with E-state index in [2.05, 4.69) is 13.8 Å². The molecule has 0 spiro atoms. The van der Waals surface area contributed by atoms with Crippen molar-refractivity contribution in [1.29, 1.82) is 0 Å². The first-order valence-corrected chi connectivity index (χ1v) is 7.55. The predicted octanol–water partition coefficient (Wildman–Crippen LogP) is 3.67. The number of hydrogen-bond acceptors (Lipinski definition) is 3. The summed E-state index contributed by atoms with van der Waals surface area (Å²) in [6.45, 7) is 7.58. The molecule has 0 radical (unpaired) electrons. The highest BCUT2D eigenvalue weighted by Crippen LogP contribution is 2.24. The minimum Gasteiger partial charge on any atom is -0.493 e. The normalized spacial score (nSPS) is 12.4. The fourth-order valence-corrected chi connectivity index (χ4v) is 2.45. The molecule has 2 N–H and O–H groups in total. The van der Waals surface area contributed by atoms with Crippen LogP contribution in [0.15, 0.2) is 24.3 Å². The minimum absolute atomic E-state index is 0.164. The summed E-state index contributed by atoms with van der Waals surface area (Å²) in [5.41, 5.74) is 6.34. The van der Waals surface area contributed by atoms with E-state index in [4.69, 9.17) is 10.5 Å². The van der Waals surface area contributed by atoms with Crippen LogP contribution in [0.25, 0.3) is 0 Å². The Balaban J connectivity index is 2.66. The largest absolute Gasteiger partial charge is 0.493 e. The van der Waals surface area contributed by atoms with Crippen molar-refractivity contribution in [3.63, 3.8) is 0 Å². The lowest BCUT2D eigenvalue weighted by molar-refractivity contribution is 0.0965. The maximum atomic E-state index is 12.4. The summed E-state index contributed by atoms with van der Waals surface area (Å²) < 4.78 is 5.52.